The molecule has 0 bridgehead atoms. The number of carbonyl (C=O) groups excluding carboxylic acids is 1. The summed E-state index contributed by atoms with van der Waals surface area (Å²) in [5, 5.41) is 9.26. The van der Waals surface area contributed by atoms with E-state index in [1.807, 2.05) is 45.0 Å². The highest BCUT2D eigenvalue weighted by atomic mass is 16.4. The van der Waals surface area contributed by atoms with Crippen molar-refractivity contribution in [2.45, 2.75) is 33.6 Å². The quantitative estimate of drug-likeness (QED) is 0.902. The van der Waals surface area contributed by atoms with Gasteiger partial charge in [-0.2, -0.15) is 0 Å². The van der Waals surface area contributed by atoms with E-state index in [1.54, 1.807) is 4.90 Å². The summed E-state index contributed by atoms with van der Waals surface area (Å²) in [4.78, 5) is 25.4. The lowest BCUT2D eigenvalue weighted by Crippen LogP contribution is -2.43. The number of amides is 1. The van der Waals surface area contributed by atoms with Gasteiger partial charge in [-0.1, -0.05) is 39.0 Å². The zero-order chi connectivity index (χ0) is 14.9. The van der Waals surface area contributed by atoms with Gasteiger partial charge in [-0.15, -0.1) is 0 Å². The van der Waals surface area contributed by atoms with E-state index < -0.39 is 11.9 Å². The monoisotopic (exact) mass is 275 g/mol. The van der Waals surface area contributed by atoms with E-state index >= 15 is 0 Å². The fourth-order valence-electron chi connectivity index (χ4n) is 2.55. The predicted octanol–water partition coefficient (Wildman–Crippen LogP) is 2.71. The summed E-state index contributed by atoms with van der Waals surface area (Å²) in [6.45, 7) is 6.29. The van der Waals surface area contributed by atoms with Crippen LogP contribution in [0.25, 0.3) is 0 Å². The lowest BCUT2D eigenvalue weighted by atomic mass is 9.88. The number of fused-ring (bicyclic) bond motifs is 1. The van der Waals surface area contributed by atoms with Gasteiger partial charge in [0.25, 0.3) is 0 Å². The van der Waals surface area contributed by atoms with E-state index in [0.29, 0.717) is 12.8 Å². The van der Waals surface area contributed by atoms with E-state index in [9.17, 15) is 14.7 Å². The molecule has 4 heteroatoms. The Labute approximate surface area is 119 Å². The van der Waals surface area contributed by atoms with Crippen LogP contribution in [-0.2, 0) is 16.0 Å². The number of anilines is 1. The average Bonchev–Trinajstić information content (AvgIpc) is 2.35. The van der Waals surface area contributed by atoms with Gasteiger partial charge in [0.15, 0.2) is 0 Å². The molecule has 0 radical (unpaired) electrons. The van der Waals surface area contributed by atoms with Crippen LogP contribution in [-0.4, -0.2) is 23.5 Å². The molecule has 1 aromatic carbocycles. The Balaban J connectivity index is 2.31. The highest BCUT2D eigenvalue weighted by Gasteiger charge is 2.33. The van der Waals surface area contributed by atoms with Gasteiger partial charge in [-0.3, -0.25) is 9.59 Å². The Hall–Kier alpha value is -1.84. The van der Waals surface area contributed by atoms with Gasteiger partial charge in [0.1, 0.15) is 0 Å². The number of benzene rings is 1. The van der Waals surface area contributed by atoms with Crippen LogP contribution in [0, 0.1) is 11.3 Å². The fraction of sp³-hybridized carbons (Fsp3) is 0.500. The summed E-state index contributed by atoms with van der Waals surface area (Å²) in [5.41, 5.74) is 1.69. The molecule has 0 saturated carbocycles. The van der Waals surface area contributed by atoms with Crippen molar-refractivity contribution < 1.29 is 14.7 Å². The first-order chi connectivity index (χ1) is 9.28. The molecule has 1 amide bonds. The number of carbonyl (C=O) groups is 2. The Kier molecular flexibility index (Phi) is 3.84. The third-order valence-electron chi connectivity index (χ3n) is 3.48. The first-order valence-corrected chi connectivity index (χ1v) is 6.89. The molecular formula is C16H21NO3. The Morgan fingerprint density at radius 2 is 1.95 bits per heavy atom. The summed E-state index contributed by atoms with van der Waals surface area (Å²) < 4.78 is 0. The largest absolute Gasteiger partial charge is 0.481 e. The molecule has 0 aliphatic carbocycles. The zero-order valence-corrected chi connectivity index (χ0v) is 12.2. The van der Waals surface area contributed by atoms with Crippen LogP contribution in [0.15, 0.2) is 24.3 Å². The normalized spacial score (nSPS) is 18.6. The van der Waals surface area contributed by atoms with Crippen molar-refractivity contribution in [2.75, 3.05) is 11.4 Å². The van der Waals surface area contributed by atoms with Gasteiger partial charge < -0.3 is 10.0 Å². The number of rotatable bonds is 2. The molecule has 108 valence electrons. The van der Waals surface area contributed by atoms with E-state index in [0.717, 1.165) is 11.3 Å². The number of nitrogens with zero attached hydrogens (tertiary/aromatic N) is 1. The highest BCUT2D eigenvalue weighted by molar-refractivity contribution is 5.96. The smallest absolute Gasteiger partial charge is 0.308 e. The van der Waals surface area contributed by atoms with Crippen molar-refractivity contribution in [1.29, 1.82) is 0 Å². The fourth-order valence-corrected chi connectivity index (χ4v) is 2.55. The maximum absolute atomic E-state index is 12.5. The van der Waals surface area contributed by atoms with Crippen LogP contribution < -0.4 is 4.90 Å². The number of hydrogen-bond donors (Lipinski definition) is 1. The van der Waals surface area contributed by atoms with E-state index in [-0.39, 0.29) is 17.9 Å². The molecule has 0 spiro atoms. The van der Waals surface area contributed by atoms with Crippen LogP contribution in [0.4, 0.5) is 5.69 Å². The third kappa shape index (κ3) is 3.18. The molecule has 4 nitrogen and oxygen atoms in total. The minimum atomic E-state index is -0.840. The molecule has 20 heavy (non-hydrogen) atoms. The third-order valence-corrected chi connectivity index (χ3v) is 3.48. The standard InChI is InChI=1S/C16H21NO3/c1-16(2,3)9-14(18)17-10-12(15(19)20)8-11-6-4-5-7-13(11)17/h4-7,12H,8-10H2,1-3H3,(H,19,20). The molecule has 0 saturated heterocycles. The number of aliphatic carboxylic acids is 1. The lowest BCUT2D eigenvalue weighted by Gasteiger charge is -2.34. The number of carboxylic acids is 1. The van der Waals surface area contributed by atoms with Crippen molar-refractivity contribution in [3.63, 3.8) is 0 Å². The maximum Gasteiger partial charge on any atom is 0.308 e. The molecular weight excluding hydrogens is 254 g/mol. The second-order valence-corrected chi connectivity index (χ2v) is 6.61. The molecule has 1 unspecified atom stereocenters. The van der Waals surface area contributed by atoms with E-state index in [4.69, 9.17) is 0 Å². The maximum atomic E-state index is 12.5. The second kappa shape index (κ2) is 5.27. The van der Waals surface area contributed by atoms with Gasteiger partial charge >= 0.3 is 5.97 Å². The zero-order valence-electron chi connectivity index (χ0n) is 12.2. The molecule has 1 aliphatic heterocycles. The Morgan fingerprint density at radius 3 is 2.55 bits per heavy atom. The highest BCUT2D eigenvalue weighted by Crippen LogP contribution is 2.32. The summed E-state index contributed by atoms with van der Waals surface area (Å²) in [6.07, 6.45) is 0.901. The van der Waals surface area contributed by atoms with Crippen LogP contribution in [0.5, 0.6) is 0 Å². The molecule has 1 atom stereocenters. The van der Waals surface area contributed by atoms with Gasteiger partial charge in [0, 0.05) is 18.7 Å². The summed E-state index contributed by atoms with van der Waals surface area (Å²) in [5.74, 6) is -1.36. The van der Waals surface area contributed by atoms with Crippen LogP contribution in [0.2, 0.25) is 0 Å². The van der Waals surface area contributed by atoms with Gasteiger partial charge in [0.2, 0.25) is 5.91 Å². The molecule has 2 rings (SSSR count). The molecule has 0 fully saturated rings. The van der Waals surface area contributed by atoms with Crippen LogP contribution >= 0.6 is 0 Å². The van der Waals surface area contributed by atoms with Gasteiger partial charge in [-0.25, -0.2) is 0 Å². The van der Waals surface area contributed by atoms with E-state index in [1.165, 1.54) is 0 Å². The van der Waals surface area contributed by atoms with E-state index in [2.05, 4.69) is 0 Å². The summed E-state index contributed by atoms with van der Waals surface area (Å²) in [6, 6.07) is 7.57. The molecule has 1 N–H and O–H groups in total. The van der Waals surface area contributed by atoms with Crippen molar-refractivity contribution in [3.8, 4) is 0 Å². The molecule has 1 aromatic rings. The minimum Gasteiger partial charge on any atom is -0.481 e. The van der Waals surface area contributed by atoms with Crippen molar-refractivity contribution >= 4 is 17.6 Å². The molecule has 1 heterocycles. The minimum absolute atomic E-state index is 0.00380. The molecule has 1 aliphatic rings. The topological polar surface area (TPSA) is 57.6 Å². The van der Waals surface area contributed by atoms with Crippen LogP contribution in [0.1, 0.15) is 32.8 Å². The van der Waals surface area contributed by atoms with Gasteiger partial charge in [0.05, 0.1) is 5.92 Å². The lowest BCUT2D eigenvalue weighted by molar-refractivity contribution is -0.141. The van der Waals surface area contributed by atoms with Crippen molar-refractivity contribution in [3.05, 3.63) is 29.8 Å². The first kappa shape index (κ1) is 14.6. The number of para-hydroxylation sites is 1. The molecule has 0 aromatic heterocycles. The van der Waals surface area contributed by atoms with Crippen molar-refractivity contribution in [2.24, 2.45) is 11.3 Å². The number of hydrogen-bond acceptors (Lipinski definition) is 2. The Bertz CT molecular complexity index is 531. The van der Waals surface area contributed by atoms with Gasteiger partial charge in [-0.05, 0) is 23.5 Å². The second-order valence-electron chi connectivity index (χ2n) is 6.61. The van der Waals surface area contributed by atoms with Crippen molar-refractivity contribution in [1.82, 2.24) is 0 Å². The average molecular weight is 275 g/mol. The summed E-state index contributed by atoms with van der Waals surface area (Å²) in [7, 11) is 0. The first-order valence-electron chi connectivity index (χ1n) is 6.89. The number of carboxylic acid groups (broad SMARTS) is 1. The summed E-state index contributed by atoms with van der Waals surface area (Å²) >= 11 is 0. The van der Waals surface area contributed by atoms with Crippen LogP contribution in [0.3, 0.4) is 0 Å². The SMILES string of the molecule is CC(C)(C)CC(=O)N1CC(C(=O)O)Cc2ccccc21. The Morgan fingerprint density at radius 1 is 1.30 bits per heavy atom. The predicted molar refractivity (Wildman–Crippen MR) is 77.7 cm³/mol.